The van der Waals surface area contributed by atoms with Gasteiger partial charge in [-0.1, -0.05) is 0 Å². The first-order valence-electron chi connectivity index (χ1n) is 5.72. The maximum Gasteiger partial charge on any atom is 0.150 e. The van der Waals surface area contributed by atoms with E-state index >= 15 is 0 Å². The molecule has 0 radical (unpaired) electrons. The van der Waals surface area contributed by atoms with Crippen LogP contribution in [0.1, 0.15) is 5.56 Å². The minimum absolute atomic E-state index is 0.333. The average Bonchev–Trinajstić information content (AvgIpc) is 3.10. The molecule has 2 heterocycles. The molecule has 0 aliphatic carbocycles. The summed E-state index contributed by atoms with van der Waals surface area (Å²) in [7, 11) is 0. The van der Waals surface area contributed by atoms with Gasteiger partial charge in [-0.05, 0) is 40.6 Å². The Hall–Kier alpha value is -2.21. The Morgan fingerprint density at radius 3 is 2.95 bits per heavy atom. The number of benzene rings is 1. The van der Waals surface area contributed by atoms with Gasteiger partial charge in [0.05, 0.1) is 0 Å². The molecule has 0 amide bonds. The van der Waals surface area contributed by atoms with Crippen LogP contribution in [0.15, 0.2) is 47.7 Å². The number of thiophene rings is 1. The minimum atomic E-state index is -0.333. The number of rotatable bonds is 4. The molecule has 0 spiro atoms. The van der Waals surface area contributed by atoms with Gasteiger partial charge in [-0.2, -0.15) is 16.4 Å². The van der Waals surface area contributed by atoms with Gasteiger partial charge in [0.2, 0.25) is 0 Å². The normalized spacial score (nSPS) is 10.6. The van der Waals surface area contributed by atoms with Gasteiger partial charge in [0.1, 0.15) is 18.3 Å². The molecule has 0 bridgehead atoms. The number of aromatic nitrogens is 3. The minimum Gasteiger partial charge on any atom is -0.381 e. The lowest BCUT2D eigenvalue weighted by Crippen LogP contribution is -2.02. The summed E-state index contributed by atoms with van der Waals surface area (Å²) in [6, 6.07) is 7.01. The Kier molecular flexibility index (Phi) is 3.24. The highest BCUT2D eigenvalue weighted by Gasteiger charge is 2.06. The van der Waals surface area contributed by atoms with Gasteiger partial charge in [-0.25, -0.2) is 14.1 Å². The maximum absolute atomic E-state index is 14.0. The molecule has 4 nitrogen and oxygen atoms in total. The van der Waals surface area contributed by atoms with Gasteiger partial charge in [0, 0.05) is 12.2 Å². The molecule has 96 valence electrons. The van der Waals surface area contributed by atoms with Gasteiger partial charge in [-0.15, -0.1) is 0 Å². The number of hydrogen-bond acceptors (Lipinski definition) is 4. The van der Waals surface area contributed by atoms with Crippen molar-refractivity contribution in [1.29, 1.82) is 0 Å². The fraction of sp³-hybridized carbons (Fsp3) is 0.0769. The van der Waals surface area contributed by atoms with E-state index in [2.05, 4.69) is 20.8 Å². The van der Waals surface area contributed by atoms with Crippen molar-refractivity contribution in [1.82, 2.24) is 14.8 Å². The molecule has 0 fully saturated rings. The highest BCUT2D eigenvalue weighted by atomic mass is 32.1. The van der Waals surface area contributed by atoms with Crippen LogP contribution in [0.2, 0.25) is 0 Å². The summed E-state index contributed by atoms with van der Waals surface area (Å²) in [5.41, 5.74) is 2.32. The summed E-state index contributed by atoms with van der Waals surface area (Å²) in [5, 5.41) is 11.2. The predicted molar refractivity (Wildman–Crippen MR) is 73.0 cm³/mol. The number of hydrogen-bond donors (Lipinski definition) is 1. The van der Waals surface area contributed by atoms with E-state index in [1.54, 1.807) is 17.4 Å². The second kappa shape index (κ2) is 5.19. The summed E-state index contributed by atoms with van der Waals surface area (Å²) in [5.74, 6) is -0.333. The van der Waals surface area contributed by atoms with Crippen LogP contribution in [0, 0.1) is 5.82 Å². The molecule has 3 rings (SSSR count). The fourth-order valence-corrected chi connectivity index (χ4v) is 2.40. The van der Waals surface area contributed by atoms with Crippen molar-refractivity contribution in [2.24, 2.45) is 0 Å². The standard InChI is InChI=1S/C13H11FN4S/c14-12-5-11(16-6-10-3-4-19-7-10)1-2-13(12)18-9-15-8-17-18/h1-5,7-9,16H,6H2. The topological polar surface area (TPSA) is 42.7 Å². The fourth-order valence-electron chi connectivity index (χ4n) is 1.73. The highest BCUT2D eigenvalue weighted by molar-refractivity contribution is 7.07. The zero-order valence-electron chi connectivity index (χ0n) is 9.95. The number of nitrogens with one attached hydrogen (secondary N) is 1. The van der Waals surface area contributed by atoms with Crippen molar-refractivity contribution in [2.45, 2.75) is 6.54 Å². The number of halogens is 1. The molecule has 0 saturated heterocycles. The van der Waals surface area contributed by atoms with Crippen molar-refractivity contribution < 1.29 is 4.39 Å². The van der Waals surface area contributed by atoms with Gasteiger partial charge in [0.15, 0.2) is 5.82 Å². The van der Waals surface area contributed by atoms with Crippen molar-refractivity contribution in [3.05, 3.63) is 59.1 Å². The van der Waals surface area contributed by atoms with Crippen LogP contribution in [0.3, 0.4) is 0 Å². The Labute approximate surface area is 113 Å². The second-order valence-corrected chi connectivity index (χ2v) is 4.77. The zero-order valence-corrected chi connectivity index (χ0v) is 10.8. The first-order chi connectivity index (χ1) is 9.33. The molecule has 0 aliphatic heterocycles. The van der Waals surface area contributed by atoms with Gasteiger partial charge < -0.3 is 5.32 Å². The Morgan fingerprint density at radius 1 is 1.32 bits per heavy atom. The molecule has 0 unspecified atom stereocenters. The first-order valence-corrected chi connectivity index (χ1v) is 6.67. The SMILES string of the molecule is Fc1cc(NCc2ccsc2)ccc1-n1cncn1. The van der Waals surface area contributed by atoms with Crippen LogP contribution in [0.25, 0.3) is 5.69 Å². The molecule has 0 aliphatic rings. The average molecular weight is 274 g/mol. The van der Waals surface area contributed by atoms with E-state index in [0.29, 0.717) is 12.2 Å². The molecule has 6 heteroatoms. The van der Waals surface area contributed by atoms with Crippen LogP contribution in [0.5, 0.6) is 0 Å². The second-order valence-electron chi connectivity index (χ2n) is 3.99. The van der Waals surface area contributed by atoms with Crippen molar-refractivity contribution in [3.8, 4) is 5.69 Å². The molecule has 3 aromatic rings. The highest BCUT2D eigenvalue weighted by Crippen LogP contribution is 2.18. The van der Waals surface area contributed by atoms with E-state index in [4.69, 9.17) is 0 Å². The molecule has 2 aromatic heterocycles. The monoisotopic (exact) mass is 274 g/mol. The van der Waals surface area contributed by atoms with Crippen molar-refractivity contribution >= 4 is 17.0 Å². The third-order valence-corrected chi connectivity index (χ3v) is 3.42. The van der Waals surface area contributed by atoms with Crippen LogP contribution >= 0.6 is 11.3 Å². The molecule has 0 atom stereocenters. The zero-order chi connectivity index (χ0) is 13.1. The lowest BCUT2D eigenvalue weighted by molar-refractivity contribution is 0.611. The summed E-state index contributed by atoms with van der Waals surface area (Å²) < 4.78 is 15.4. The van der Waals surface area contributed by atoms with Crippen LogP contribution in [-0.2, 0) is 6.54 Å². The molecular weight excluding hydrogens is 263 g/mol. The van der Waals surface area contributed by atoms with Crippen molar-refractivity contribution in [3.63, 3.8) is 0 Å². The third kappa shape index (κ3) is 2.63. The lowest BCUT2D eigenvalue weighted by Gasteiger charge is -2.08. The predicted octanol–water partition coefficient (Wildman–Crippen LogP) is 3.08. The largest absolute Gasteiger partial charge is 0.381 e. The molecule has 1 aromatic carbocycles. The van der Waals surface area contributed by atoms with Gasteiger partial charge in [0.25, 0.3) is 0 Å². The van der Waals surface area contributed by atoms with E-state index in [-0.39, 0.29) is 5.82 Å². The quantitative estimate of drug-likeness (QED) is 0.795. The number of anilines is 1. The van der Waals surface area contributed by atoms with E-state index in [0.717, 1.165) is 5.69 Å². The lowest BCUT2D eigenvalue weighted by atomic mass is 10.2. The third-order valence-electron chi connectivity index (χ3n) is 2.69. The Bertz CT molecular complexity index is 649. The van der Waals surface area contributed by atoms with E-state index < -0.39 is 0 Å². The summed E-state index contributed by atoms with van der Waals surface area (Å²) >= 11 is 1.65. The van der Waals surface area contributed by atoms with Crippen LogP contribution in [-0.4, -0.2) is 14.8 Å². The molecular formula is C13H11FN4S. The summed E-state index contributed by atoms with van der Waals surface area (Å²) in [6.45, 7) is 0.686. The van der Waals surface area contributed by atoms with Gasteiger partial charge in [-0.3, -0.25) is 0 Å². The molecule has 19 heavy (non-hydrogen) atoms. The van der Waals surface area contributed by atoms with E-state index in [1.165, 1.54) is 29.0 Å². The number of nitrogens with zero attached hydrogens (tertiary/aromatic N) is 3. The van der Waals surface area contributed by atoms with Gasteiger partial charge >= 0.3 is 0 Å². The molecule has 1 N–H and O–H groups in total. The van der Waals surface area contributed by atoms with E-state index in [1.807, 2.05) is 17.5 Å². The molecule has 0 saturated carbocycles. The van der Waals surface area contributed by atoms with Crippen LogP contribution < -0.4 is 5.32 Å². The Balaban J connectivity index is 1.76. The smallest absolute Gasteiger partial charge is 0.150 e. The maximum atomic E-state index is 14.0. The van der Waals surface area contributed by atoms with Crippen LogP contribution in [0.4, 0.5) is 10.1 Å². The Morgan fingerprint density at radius 2 is 2.26 bits per heavy atom. The summed E-state index contributed by atoms with van der Waals surface area (Å²) in [6.07, 6.45) is 2.85. The first kappa shape index (κ1) is 11.9. The van der Waals surface area contributed by atoms with E-state index in [9.17, 15) is 4.39 Å². The summed E-state index contributed by atoms with van der Waals surface area (Å²) in [4.78, 5) is 3.80. The van der Waals surface area contributed by atoms with Crippen molar-refractivity contribution in [2.75, 3.05) is 5.32 Å².